The molecule has 2 N–H and O–H groups in total. The van der Waals surface area contributed by atoms with Gasteiger partial charge in [-0.3, -0.25) is 19.4 Å². The molecule has 1 aromatic heterocycles. The first-order valence-corrected chi connectivity index (χ1v) is 11.9. The topological polar surface area (TPSA) is 64.7 Å². The number of hydrogen-bond donors (Lipinski definition) is 2. The summed E-state index contributed by atoms with van der Waals surface area (Å²) in [4.78, 5) is 30.1. The van der Waals surface area contributed by atoms with Crippen molar-refractivity contribution in [3.8, 4) is 0 Å². The van der Waals surface area contributed by atoms with E-state index in [4.69, 9.17) is 0 Å². The lowest BCUT2D eigenvalue weighted by Gasteiger charge is -2.34. The number of rotatable bonds is 8. The van der Waals surface area contributed by atoms with Gasteiger partial charge in [-0.2, -0.15) is 0 Å². The van der Waals surface area contributed by atoms with Gasteiger partial charge in [0, 0.05) is 36.7 Å². The van der Waals surface area contributed by atoms with Crippen LogP contribution in [0.25, 0.3) is 0 Å². The van der Waals surface area contributed by atoms with Gasteiger partial charge >= 0.3 is 0 Å². The van der Waals surface area contributed by atoms with Gasteiger partial charge in [0.1, 0.15) is 11.6 Å². The molecule has 0 radical (unpaired) electrons. The van der Waals surface area contributed by atoms with Crippen LogP contribution in [0.2, 0.25) is 0 Å². The predicted octanol–water partition coefficient (Wildman–Crippen LogP) is 3.49. The number of hydrogen-bond acceptors (Lipinski definition) is 5. The zero-order valence-corrected chi connectivity index (χ0v) is 19.4. The van der Waals surface area contributed by atoms with Crippen LogP contribution in [0.4, 0.5) is 14.5 Å². The van der Waals surface area contributed by atoms with E-state index in [9.17, 15) is 18.4 Å². The fourth-order valence-corrected chi connectivity index (χ4v) is 4.72. The van der Waals surface area contributed by atoms with E-state index in [1.165, 1.54) is 35.6 Å². The summed E-state index contributed by atoms with van der Waals surface area (Å²) in [6.07, 6.45) is 0. The summed E-state index contributed by atoms with van der Waals surface area (Å²) in [5, 5.41) is 7.73. The molecule has 1 aliphatic heterocycles. The molecule has 0 saturated carbocycles. The molecule has 2 amide bonds. The number of anilines is 1. The first kappa shape index (κ1) is 24.0. The van der Waals surface area contributed by atoms with E-state index in [2.05, 4.69) is 10.6 Å². The third-order valence-corrected chi connectivity index (χ3v) is 6.58. The Morgan fingerprint density at radius 3 is 2.15 bits per heavy atom. The molecule has 178 valence electrons. The molecule has 4 rings (SSSR count). The van der Waals surface area contributed by atoms with Crippen molar-refractivity contribution in [3.05, 3.63) is 88.1 Å². The lowest BCUT2D eigenvalue weighted by atomic mass is 10.1. The Labute approximate surface area is 201 Å². The number of halogens is 2. The van der Waals surface area contributed by atoms with Crippen LogP contribution < -0.4 is 10.6 Å². The maximum atomic E-state index is 13.4. The van der Waals surface area contributed by atoms with E-state index >= 15 is 0 Å². The normalized spacial score (nSPS) is 15.6. The standard InChI is InChI=1S/C25H26F2N4O2S/c26-19-8-6-18(7-9-19)25(22-5-2-14-34-22)29-24(33)17-31-12-10-30(11-13-31)16-23(32)28-21-4-1-3-20(27)15-21/h1-9,14-15,25H,10-13,16-17H2,(H,28,32)(H,29,33)/t25-/m1/s1. The van der Waals surface area contributed by atoms with Crippen LogP contribution in [0.15, 0.2) is 66.0 Å². The third kappa shape index (κ3) is 6.69. The van der Waals surface area contributed by atoms with Gasteiger partial charge in [-0.15, -0.1) is 11.3 Å². The van der Waals surface area contributed by atoms with Crippen molar-refractivity contribution in [2.45, 2.75) is 6.04 Å². The largest absolute Gasteiger partial charge is 0.343 e. The number of carbonyl (C=O) groups is 2. The summed E-state index contributed by atoms with van der Waals surface area (Å²) in [6.45, 7) is 3.06. The van der Waals surface area contributed by atoms with Gasteiger partial charge < -0.3 is 10.6 Å². The molecule has 1 saturated heterocycles. The second-order valence-corrected chi connectivity index (χ2v) is 9.16. The van der Waals surface area contributed by atoms with Gasteiger partial charge in [0.05, 0.1) is 19.1 Å². The van der Waals surface area contributed by atoms with Crippen molar-refractivity contribution in [3.63, 3.8) is 0 Å². The van der Waals surface area contributed by atoms with Crippen molar-refractivity contribution in [2.24, 2.45) is 0 Å². The summed E-state index contributed by atoms with van der Waals surface area (Å²) in [6, 6.07) is 15.5. The molecule has 0 spiro atoms. The van der Waals surface area contributed by atoms with E-state index in [-0.39, 0.29) is 36.8 Å². The molecule has 34 heavy (non-hydrogen) atoms. The van der Waals surface area contributed by atoms with E-state index in [0.717, 1.165) is 10.4 Å². The molecule has 0 aliphatic carbocycles. The van der Waals surface area contributed by atoms with Crippen LogP contribution in [0.1, 0.15) is 16.5 Å². The summed E-state index contributed by atoms with van der Waals surface area (Å²) in [5.41, 5.74) is 1.26. The maximum Gasteiger partial charge on any atom is 0.238 e. The van der Waals surface area contributed by atoms with Crippen molar-refractivity contribution in [1.82, 2.24) is 15.1 Å². The number of thiophene rings is 1. The minimum absolute atomic E-state index is 0.111. The fraction of sp³-hybridized carbons (Fsp3) is 0.280. The average Bonchev–Trinajstić information content (AvgIpc) is 3.34. The van der Waals surface area contributed by atoms with Gasteiger partial charge in [-0.25, -0.2) is 8.78 Å². The Hall–Kier alpha value is -3.14. The first-order valence-electron chi connectivity index (χ1n) is 11.0. The van der Waals surface area contributed by atoms with Crippen LogP contribution in [0.3, 0.4) is 0 Å². The molecular formula is C25H26F2N4O2S. The van der Waals surface area contributed by atoms with Gasteiger partial charge in [-0.05, 0) is 47.3 Å². The second-order valence-electron chi connectivity index (χ2n) is 8.18. The second kappa shape index (κ2) is 11.3. The van der Waals surface area contributed by atoms with E-state index < -0.39 is 5.82 Å². The number of piperazine rings is 1. The van der Waals surface area contributed by atoms with Crippen LogP contribution in [0, 0.1) is 11.6 Å². The van der Waals surface area contributed by atoms with Gasteiger partial charge in [-0.1, -0.05) is 24.3 Å². The number of carbonyl (C=O) groups excluding carboxylic acids is 2. The average molecular weight is 485 g/mol. The smallest absolute Gasteiger partial charge is 0.238 e. The summed E-state index contributed by atoms with van der Waals surface area (Å²) < 4.78 is 26.6. The zero-order chi connectivity index (χ0) is 23.9. The minimum atomic E-state index is -0.398. The molecular weight excluding hydrogens is 458 g/mol. The van der Waals surface area contributed by atoms with Crippen LogP contribution in [-0.4, -0.2) is 60.9 Å². The van der Waals surface area contributed by atoms with Gasteiger partial charge in [0.2, 0.25) is 11.8 Å². The number of nitrogens with one attached hydrogen (secondary N) is 2. The van der Waals surface area contributed by atoms with Gasteiger partial charge in [0.25, 0.3) is 0 Å². The van der Waals surface area contributed by atoms with E-state index in [0.29, 0.717) is 31.9 Å². The minimum Gasteiger partial charge on any atom is -0.343 e. The number of nitrogens with zero attached hydrogens (tertiary/aromatic N) is 2. The first-order chi connectivity index (χ1) is 16.5. The van der Waals surface area contributed by atoms with Crippen molar-refractivity contribution in [2.75, 3.05) is 44.6 Å². The van der Waals surface area contributed by atoms with E-state index in [1.807, 2.05) is 27.3 Å². The highest BCUT2D eigenvalue weighted by atomic mass is 32.1. The molecule has 0 bridgehead atoms. The van der Waals surface area contributed by atoms with E-state index in [1.54, 1.807) is 24.3 Å². The number of benzene rings is 2. The lowest BCUT2D eigenvalue weighted by molar-refractivity contribution is -0.124. The Balaban J connectivity index is 1.25. The van der Waals surface area contributed by atoms with Crippen molar-refractivity contribution < 1.29 is 18.4 Å². The Morgan fingerprint density at radius 1 is 0.853 bits per heavy atom. The molecule has 1 aliphatic rings. The SMILES string of the molecule is O=C(CN1CCN(CC(=O)N[C@H](c2ccc(F)cc2)c2cccs2)CC1)Nc1cccc(F)c1. The number of amides is 2. The molecule has 9 heteroatoms. The quantitative estimate of drug-likeness (QED) is 0.514. The molecule has 6 nitrogen and oxygen atoms in total. The Bertz CT molecular complexity index is 1100. The summed E-state index contributed by atoms with van der Waals surface area (Å²) >= 11 is 1.54. The van der Waals surface area contributed by atoms with Crippen molar-refractivity contribution >= 4 is 28.8 Å². The highest BCUT2D eigenvalue weighted by Gasteiger charge is 2.23. The fourth-order valence-electron chi connectivity index (χ4n) is 3.91. The zero-order valence-electron chi connectivity index (χ0n) is 18.5. The molecule has 1 atom stereocenters. The molecule has 2 heterocycles. The molecule has 2 aromatic carbocycles. The maximum absolute atomic E-state index is 13.4. The Morgan fingerprint density at radius 2 is 1.53 bits per heavy atom. The Kier molecular flexibility index (Phi) is 7.99. The third-order valence-electron chi connectivity index (χ3n) is 5.64. The van der Waals surface area contributed by atoms with Gasteiger partial charge in [0.15, 0.2) is 0 Å². The van der Waals surface area contributed by atoms with Crippen LogP contribution in [-0.2, 0) is 9.59 Å². The van der Waals surface area contributed by atoms with Crippen molar-refractivity contribution in [1.29, 1.82) is 0 Å². The highest BCUT2D eigenvalue weighted by Crippen LogP contribution is 2.26. The molecule has 1 fully saturated rings. The van der Waals surface area contributed by atoms with Crippen LogP contribution >= 0.6 is 11.3 Å². The summed E-state index contributed by atoms with van der Waals surface area (Å²) in [5.74, 6) is -1.03. The highest BCUT2D eigenvalue weighted by molar-refractivity contribution is 7.10. The predicted molar refractivity (Wildman–Crippen MR) is 129 cm³/mol. The molecule has 0 unspecified atom stereocenters. The summed E-state index contributed by atoms with van der Waals surface area (Å²) in [7, 11) is 0. The lowest BCUT2D eigenvalue weighted by Crippen LogP contribution is -2.51. The van der Waals surface area contributed by atoms with Crippen LogP contribution in [0.5, 0.6) is 0 Å². The monoisotopic (exact) mass is 484 g/mol. The molecule has 3 aromatic rings.